The van der Waals surface area contributed by atoms with Gasteiger partial charge in [-0.3, -0.25) is 0 Å². The Hall–Kier alpha value is 0.200. The summed E-state index contributed by atoms with van der Waals surface area (Å²) in [4.78, 5) is 0. The van der Waals surface area contributed by atoms with E-state index in [9.17, 15) is 8.42 Å². The molecule has 2 aliphatic rings. The average molecular weight is 224 g/mol. The Bertz CT molecular complexity index is 287. The first-order valence-electron chi connectivity index (χ1n) is 4.70. The van der Waals surface area contributed by atoms with E-state index in [4.69, 9.17) is 11.6 Å². The van der Waals surface area contributed by atoms with Crippen LogP contribution in [-0.4, -0.2) is 36.9 Å². The number of sulfonamides is 1. The van der Waals surface area contributed by atoms with Gasteiger partial charge in [-0.25, -0.2) is 12.7 Å². The average Bonchev–Trinajstić information content (AvgIpc) is 2.70. The second-order valence-electron chi connectivity index (χ2n) is 3.97. The Morgan fingerprint density at radius 1 is 1.31 bits per heavy atom. The standard InChI is InChI=1S/C8H14ClNO2S/c9-8-3-4-10(5-8)13(11,12)6-7-1-2-7/h7-8H,1-6H2. The molecule has 1 atom stereocenters. The normalized spacial score (nSPS) is 31.0. The van der Waals surface area contributed by atoms with Gasteiger partial charge in [0.25, 0.3) is 0 Å². The minimum absolute atomic E-state index is 0.0222. The fourth-order valence-corrected chi connectivity index (χ4v) is 3.90. The number of hydrogen-bond donors (Lipinski definition) is 0. The minimum atomic E-state index is -2.98. The lowest BCUT2D eigenvalue weighted by molar-refractivity contribution is 0.475. The van der Waals surface area contributed by atoms with Gasteiger partial charge < -0.3 is 0 Å². The van der Waals surface area contributed by atoms with Gasteiger partial charge in [0.1, 0.15) is 0 Å². The van der Waals surface area contributed by atoms with Crippen LogP contribution < -0.4 is 0 Å². The molecule has 76 valence electrons. The van der Waals surface area contributed by atoms with Crippen molar-refractivity contribution in [1.29, 1.82) is 0 Å². The van der Waals surface area contributed by atoms with Gasteiger partial charge in [0.05, 0.1) is 5.75 Å². The van der Waals surface area contributed by atoms with Crippen LogP contribution in [0.2, 0.25) is 0 Å². The van der Waals surface area contributed by atoms with Crippen molar-refractivity contribution in [2.75, 3.05) is 18.8 Å². The third-order valence-electron chi connectivity index (χ3n) is 2.63. The molecule has 0 aromatic carbocycles. The zero-order chi connectivity index (χ0) is 9.47. The number of rotatable bonds is 3. The predicted molar refractivity (Wildman–Crippen MR) is 52.3 cm³/mol. The molecule has 0 bridgehead atoms. The molecule has 1 saturated carbocycles. The molecule has 2 fully saturated rings. The van der Waals surface area contributed by atoms with Crippen molar-refractivity contribution in [3.63, 3.8) is 0 Å². The summed E-state index contributed by atoms with van der Waals surface area (Å²) in [6.07, 6.45) is 2.96. The highest BCUT2D eigenvalue weighted by Gasteiger charge is 2.35. The van der Waals surface area contributed by atoms with E-state index >= 15 is 0 Å². The zero-order valence-electron chi connectivity index (χ0n) is 7.45. The number of alkyl halides is 1. The quantitative estimate of drug-likeness (QED) is 0.671. The SMILES string of the molecule is O=S(=O)(CC1CC1)N1CCC(Cl)C1. The lowest BCUT2D eigenvalue weighted by Crippen LogP contribution is -2.31. The highest BCUT2D eigenvalue weighted by Crippen LogP contribution is 2.32. The second kappa shape index (κ2) is 3.41. The van der Waals surface area contributed by atoms with Crippen LogP contribution in [0.15, 0.2) is 0 Å². The molecule has 13 heavy (non-hydrogen) atoms. The molecule has 0 aromatic rings. The van der Waals surface area contributed by atoms with E-state index in [1.54, 1.807) is 4.31 Å². The van der Waals surface area contributed by atoms with Crippen molar-refractivity contribution in [1.82, 2.24) is 4.31 Å². The molecule has 0 amide bonds. The maximum atomic E-state index is 11.7. The Morgan fingerprint density at radius 2 is 2.00 bits per heavy atom. The van der Waals surface area contributed by atoms with Crippen molar-refractivity contribution in [3.8, 4) is 0 Å². The second-order valence-corrected chi connectivity index (χ2v) is 6.60. The smallest absolute Gasteiger partial charge is 0.212 e. The number of halogens is 1. The van der Waals surface area contributed by atoms with Crippen LogP contribution in [0, 0.1) is 5.92 Å². The third kappa shape index (κ3) is 2.36. The van der Waals surface area contributed by atoms with Crippen LogP contribution in [0.5, 0.6) is 0 Å². The Balaban J connectivity index is 1.97. The van der Waals surface area contributed by atoms with Gasteiger partial charge in [0.15, 0.2) is 0 Å². The van der Waals surface area contributed by atoms with Gasteiger partial charge >= 0.3 is 0 Å². The summed E-state index contributed by atoms with van der Waals surface area (Å²) in [5.74, 6) is 0.774. The van der Waals surface area contributed by atoms with E-state index in [-0.39, 0.29) is 5.38 Å². The first-order valence-corrected chi connectivity index (χ1v) is 6.74. The highest BCUT2D eigenvalue weighted by atomic mass is 35.5. The summed E-state index contributed by atoms with van der Waals surface area (Å²) in [5, 5.41) is 0.0222. The summed E-state index contributed by atoms with van der Waals surface area (Å²) >= 11 is 5.86. The van der Waals surface area contributed by atoms with Crippen LogP contribution in [-0.2, 0) is 10.0 Å². The molecule has 1 saturated heterocycles. The number of nitrogens with zero attached hydrogens (tertiary/aromatic N) is 1. The van der Waals surface area contributed by atoms with E-state index in [0.29, 0.717) is 24.8 Å². The molecule has 1 aliphatic carbocycles. The molecule has 1 aliphatic heterocycles. The number of hydrogen-bond acceptors (Lipinski definition) is 2. The van der Waals surface area contributed by atoms with Gasteiger partial charge in [-0.05, 0) is 25.2 Å². The van der Waals surface area contributed by atoms with Gasteiger partial charge in [-0.2, -0.15) is 0 Å². The molecule has 1 unspecified atom stereocenters. The molecule has 0 spiro atoms. The highest BCUT2D eigenvalue weighted by molar-refractivity contribution is 7.89. The van der Waals surface area contributed by atoms with Crippen LogP contribution in [0.1, 0.15) is 19.3 Å². The van der Waals surface area contributed by atoms with E-state index in [2.05, 4.69) is 0 Å². The maximum absolute atomic E-state index is 11.7. The van der Waals surface area contributed by atoms with Crippen molar-refractivity contribution in [2.45, 2.75) is 24.6 Å². The largest absolute Gasteiger partial charge is 0.214 e. The molecule has 3 nitrogen and oxygen atoms in total. The van der Waals surface area contributed by atoms with E-state index in [0.717, 1.165) is 19.3 Å². The minimum Gasteiger partial charge on any atom is -0.212 e. The summed E-state index contributed by atoms with van der Waals surface area (Å²) in [6, 6.07) is 0. The third-order valence-corrected chi connectivity index (χ3v) is 5.00. The fraction of sp³-hybridized carbons (Fsp3) is 1.00. The van der Waals surface area contributed by atoms with Gasteiger partial charge in [-0.15, -0.1) is 11.6 Å². The van der Waals surface area contributed by atoms with Crippen LogP contribution in [0.4, 0.5) is 0 Å². The van der Waals surface area contributed by atoms with E-state index < -0.39 is 10.0 Å². The maximum Gasteiger partial charge on any atom is 0.214 e. The zero-order valence-corrected chi connectivity index (χ0v) is 9.02. The lowest BCUT2D eigenvalue weighted by atomic mass is 10.4. The first kappa shape index (κ1) is 9.74. The van der Waals surface area contributed by atoms with Crippen molar-refractivity contribution in [2.24, 2.45) is 5.92 Å². The molecule has 0 N–H and O–H groups in total. The van der Waals surface area contributed by atoms with Gasteiger partial charge in [-0.1, -0.05) is 0 Å². The molecular weight excluding hydrogens is 210 g/mol. The molecular formula is C8H14ClNO2S. The van der Waals surface area contributed by atoms with Gasteiger partial charge in [0.2, 0.25) is 10.0 Å². The van der Waals surface area contributed by atoms with Crippen LogP contribution in [0.3, 0.4) is 0 Å². The summed E-state index contributed by atoms with van der Waals surface area (Å²) in [6.45, 7) is 1.12. The summed E-state index contributed by atoms with van der Waals surface area (Å²) in [5.41, 5.74) is 0. The monoisotopic (exact) mass is 223 g/mol. The Morgan fingerprint density at radius 3 is 2.46 bits per heavy atom. The molecule has 5 heteroatoms. The van der Waals surface area contributed by atoms with Gasteiger partial charge in [0, 0.05) is 18.5 Å². The van der Waals surface area contributed by atoms with E-state index in [1.165, 1.54) is 0 Å². The fourth-order valence-electron chi connectivity index (χ4n) is 1.63. The lowest BCUT2D eigenvalue weighted by Gasteiger charge is -2.14. The predicted octanol–water partition coefficient (Wildman–Crippen LogP) is 1.04. The topological polar surface area (TPSA) is 37.4 Å². The molecule has 0 radical (unpaired) electrons. The van der Waals surface area contributed by atoms with Crippen LogP contribution in [0.25, 0.3) is 0 Å². The summed E-state index contributed by atoms with van der Waals surface area (Å²) in [7, 11) is -2.98. The molecule has 1 heterocycles. The van der Waals surface area contributed by atoms with Crippen LogP contribution >= 0.6 is 11.6 Å². The van der Waals surface area contributed by atoms with Crippen molar-refractivity contribution < 1.29 is 8.42 Å². The molecule has 2 rings (SSSR count). The Labute approximate surface area is 84.1 Å². The van der Waals surface area contributed by atoms with Crippen molar-refractivity contribution >= 4 is 21.6 Å². The first-order chi connectivity index (χ1) is 6.08. The molecule has 0 aromatic heterocycles. The summed E-state index contributed by atoms with van der Waals surface area (Å²) < 4.78 is 24.9. The van der Waals surface area contributed by atoms with Crippen molar-refractivity contribution in [3.05, 3.63) is 0 Å². The van der Waals surface area contributed by atoms with E-state index in [1.807, 2.05) is 0 Å². The Kier molecular flexibility index (Phi) is 2.55.